The molecule has 118 valence electrons. The molecule has 0 saturated carbocycles. The molecule has 0 spiro atoms. The Kier molecular flexibility index (Phi) is 4.93. The Morgan fingerprint density at radius 2 is 2.09 bits per heavy atom. The summed E-state index contributed by atoms with van der Waals surface area (Å²) in [5.74, 6) is 0.205. The van der Waals surface area contributed by atoms with Crippen LogP contribution in [0.15, 0.2) is 47.6 Å². The fourth-order valence-corrected chi connectivity index (χ4v) is 2.78. The number of Topliss-reactive ketones (excluding diaryl/α,β-unsaturated/α-hetero) is 1. The van der Waals surface area contributed by atoms with Crippen LogP contribution in [-0.4, -0.2) is 30.2 Å². The molecule has 2 heterocycles. The van der Waals surface area contributed by atoms with Crippen LogP contribution in [0.1, 0.15) is 35.2 Å². The molecule has 0 unspecified atom stereocenters. The van der Waals surface area contributed by atoms with Gasteiger partial charge >= 0.3 is 0 Å². The van der Waals surface area contributed by atoms with Crippen LogP contribution in [0.2, 0.25) is 0 Å². The van der Waals surface area contributed by atoms with Crippen molar-refractivity contribution in [1.82, 2.24) is 4.98 Å². The van der Waals surface area contributed by atoms with Gasteiger partial charge in [0.1, 0.15) is 5.78 Å². The van der Waals surface area contributed by atoms with Crippen LogP contribution in [0.5, 0.6) is 0 Å². The highest BCUT2D eigenvalue weighted by Crippen LogP contribution is 2.23. The number of pyridine rings is 1. The number of fused-ring (bicyclic) bond motifs is 1. The van der Waals surface area contributed by atoms with E-state index in [1.807, 2.05) is 30.5 Å². The summed E-state index contributed by atoms with van der Waals surface area (Å²) in [7, 11) is 1.65. The number of hydrogen-bond donors (Lipinski definition) is 0. The van der Waals surface area contributed by atoms with E-state index < -0.39 is 0 Å². The minimum Gasteiger partial charge on any atom is -0.385 e. The number of ether oxygens (including phenoxy) is 1. The average molecular weight is 308 g/mol. The molecule has 23 heavy (non-hydrogen) atoms. The lowest BCUT2D eigenvalue weighted by atomic mass is 10.0. The van der Waals surface area contributed by atoms with Crippen LogP contribution in [0.25, 0.3) is 0 Å². The lowest BCUT2D eigenvalue weighted by molar-refractivity contribution is -0.118. The molecule has 1 aromatic heterocycles. The number of nitrogens with zero attached hydrogens (tertiary/aromatic N) is 2. The van der Waals surface area contributed by atoms with E-state index in [0.29, 0.717) is 26.0 Å². The van der Waals surface area contributed by atoms with Gasteiger partial charge in [-0.25, -0.2) is 0 Å². The zero-order chi connectivity index (χ0) is 16.1. The number of carbonyl (C=O) groups excluding carboxylic acids is 1. The molecule has 4 heteroatoms. The quantitative estimate of drug-likeness (QED) is 0.739. The Balaban J connectivity index is 1.70. The van der Waals surface area contributed by atoms with E-state index in [1.54, 1.807) is 7.11 Å². The predicted octanol–water partition coefficient (Wildman–Crippen LogP) is 2.97. The van der Waals surface area contributed by atoms with Crippen molar-refractivity contribution in [3.63, 3.8) is 0 Å². The van der Waals surface area contributed by atoms with Gasteiger partial charge in [-0.05, 0) is 18.1 Å². The van der Waals surface area contributed by atoms with Crippen molar-refractivity contribution in [3.8, 4) is 0 Å². The minimum absolute atomic E-state index is 0.205. The highest BCUT2D eigenvalue weighted by Gasteiger charge is 2.18. The maximum atomic E-state index is 11.9. The molecule has 1 aromatic carbocycles. The van der Waals surface area contributed by atoms with E-state index in [-0.39, 0.29) is 5.78 Å². The summed E-state index contributed by atoms with van der Waals surface area (Å²) in [5, 5.41) is 0. The Bertz CT molecular complexity index is 723. The number of methoxy groups -OCH3 is 1. The molecule has 0 aliphatic carbocycles. The van der Waals surface area contributed by atoms with E-state index in [9.17, 15) is 4.79 Å². The summed E-state index contributed by atoms with van der Waals surface area (Å²) in [6.45, 7) is 1.28. The van der Waals surface area contributed by atoms with Crippen LogP contribution >= 0.6 is 0 Å². The van der Waals surface area contributed by atoms with Crippen LogP contribution in [0.4, 0.5) is 0 Å². The number of aromatic nitrogens is 1. The zero-order valence-corrected chi connectivity index (χ0v) is 13.3. The molecule has 0 bridgehead atoms. The lowest BCUT2D eigenvalue weighted by Crippen LogP contribution is -2.08. The van der Waals surface area contributed by atoms with Gasteiger partial charge in [0, 0.05) is 49.6 Å². The molecular formula is C19H20N2O2. The standard InChI is InChI=1S/C19H20N2O2/c1-23-9-5-8-17(22)11-16-10-15-12-21-19(18(15)13-20-16)14-6-3-2-4-7-14/h2-4,6-7,10,13H,5,8-9,11-12H2,1H3. The van der Waals surface area contributed by atoms with Gasteiger partial charge in [0.05, 0.1) is 12.3 Å². The summed E-state index contributed by atoms with van der Waals surface area (Å²) >= 11 is 0. The molecule has 4 nitrogen and oxygen atoms in total. The summed E-state index contributed by atoms with van der Waals surface area (Å²) in [6, 6.07) is 12.1. The Labute approximate surface area is 136 Å². The predicted molar refractivity (Wildman–Crippen MR) is 89.8 cm³/mol. The third kappa shape index (κ3) is 3.71. The van der Waals surface area contributed by atoms with Crippen molar-refractivity contribution in [2.24, 2.45) is 4.99 Å². The number of benzene rings is 1. The van der Waals surface area contributed by atoms with E-state index in [0.717, 1.165) is 34.5 Å². The third-order valence-corrected chi connectivity index (χ3v) is 3.94. The van der Waals surface area contributed by atoms with E-state index in [1.165, 1.54) is 0 Å². The van der Waals surface area contributed by atoms with E-state index in [4.69, 9.17) is 4.74 Å². The van der Waals surface area contributed by atoms with Gasteiger partial charge in [0.15, 0.2) is 0 Å². The average Bonchev–Trinajstić information content (AvgIpc) is 2.99. The SMILES string of the molecule is COCCCC(=O)Cc1cc2c(cn1)C(c1ccccc1)=NC2. The monoisotopic (exact) mass is 308 g/mol. The summed E-state index contributed by atoms with van der Waals surface area (Å²) in [5.41, 5.74) is 5.16. The Morgan fingerprint density at radius 3 is 2.87 bits per heavy atom. The van der Waals surface area contributed by atoms with Crippen LogP contribution < -0.4 is 0 Å². The second-order valence-corrected chi connectivity index (χ2v) is 5.68. The van der Waals surface area contributed by atoms with Gasteiger partial charge in [0.25, 0.3) is 0 Å². The van der Waals surface area contributed by atoms with Crippen LogP contribution in [0, 0.1) is 0 Å². The van der Waals surface area contributed by atoms with Gasteiger partial charge in [-0.3, -0.25) is 14.8 Å². The first kappa shape index (κ1) is 15.6. The number of rotatable bonds is 7. The van der Waals surface area contributed by atoms with Crippen molar-refractivity contribution < 1.29 is 9.53 Å². The first-order valence-electron chi connectivity index (χ1n) is 7.86. The molecule has 0 amide bonds. The van der Waals surface area contributed by atoms with E-state index >= 15 is 0 Å². The largest absolute Gasteiger partial charge is 0.385 e. The molecule has 0 atom stereocenters. The van der Waals surface area contributed by atoms with Gasteiger partial charge in [0.2, 0.25) is 0 Å². The molecule has 0 radical (unpaired) electrons. The number of carbonyl (C=O) groups is 1. The Morgan fingerprint density at radius 1 is 1.26 bits per heavy atom. The van der Waals surface area contributed by atoms with Gasteiger partial charge in [-0.15, -0.1) is 0 Å². The molecule has 3 rings (SSSR count). The first-order chi connectivity index (χ1) is 11.3. The molecular weight excluding hydrogens is 288 g/mol. The second kappa shape index (κ2) is 7.29. The normalized spacial score (nSPS) is 12.8. The smallest absolute Gasteiger partial charge is 0.138 e. The van der Waals surface area contributed by atoms with Crippen molar-refractivity contribution >= 4 is 11.5 Å². The van der Waals surface area contributed by atoms with Crippen LogP contribution in [0.3, 0.4) is 0 Å². The highest BCUT2D eigenvalue weighted by molar-refractivity contribution is 6.14. The number of hydrogen-bond acceptors (Lipinski definition) is 4. The van der Waals surface area contributed by atoms with Crippen LogP contribution in [-0.2, 0) is 22.5 Å². The minimum atomic E-state index is 0.205. The molecule has 1 aliphatic heterocycles. The fraction of sp³-hybridized carbons (Fsp3) is 0.316. The van der Waals surface area contributed by atoms with Gasteiger partial charge < -0.3 is 4.74 Å². The van der Waals surface area contributed by atoms with Crippen molar-refractivity contribution in [3.05, 3.63) is 65.0 Å². The van der Waals surface area contributed by atoms with Crippen molar-refractivity contribution in [2.45, 2.75) is 25.8 Å². The number of aliphatic imine (C=N–C) groups is 1. The second-order valence-electron chi connectivity index (χ2n) is 5.68. The molecule has 0 saturated heterocycles. The molecule has 0 fully saturated rings. The lowest BCUT2D eigenvalue weighted by Gasteiger charge is -2.06. The topological polar surface area (TPSA) is 51.5 Å². The number of ketones is 1. The summed E-state index contributed by atoms with van der Waals surface area (Å²) in [4.78, 5) is 21.0. The Hall–Kier alpha value is -2.33. The maximum absolute atomic E-state index is 11.9. The van der Waals surface area contributed by atoms with Gasteiger partial charge in [-0.1, -0.05) is 30.3 Å². The fourth-order valence-electron chi connectivity index (χ4n) is 2.78. The van der Waals surface area contributed by atoms with Crippen molar-refractivity contribution in [1.29, 1.82) is 0 Å². The van der Waals surface area contributed by atoms with Crippen molar-refractivity contribution in [2.75, 3.05) is 13.7 Å². The third-order valence-electron chi connectivity index (χ3n) is 3.94. The zero-order valence-electron chi connectivity index (χ0n) is 13.3. The molecule has 2 aromatic rings. The molecule has 0 N–H and O–H groups in total. The highest BCUT2D eigenvalue weighted by atomic mass is 16.5. The summed E-state index contributed by atoms with van der Waals surface area (Å²) in [6.07, 6.45) is 3.55. The van der Waals surface area contributed by atoms with Gasteiger partial charge in [-0.2, -0.15) is 0 Å². The maximum Gasteiger partial charge on any atom is 0.138 e. The summed E-state index contributed by atoms with van der Waals surface area (Å²) < 4.78 is 4.97. The first-order valence-corrected chi connectivity index (χ1v) is 7.86. The molecule has 1 aliphatic rings. The van der Waals surface area contributed by atoms with E-state index in [2.05, 4.69) is 22.1 Å².